The van der Waals surface area contributed by atoms with Crippen LogP contribution in [0, 0.1) is 5.92 Å². The summed E-state index contributed by atoms with van der Waals surface area (Å²) in [4.78, 5) is 33.2. The van der Waals surface area contributed by atoms with Gasteiger partial charge in [0.2, 0.25) is 5.91 Å². The van der Waals surface area contributed by atoms with Crippen molar-refractivity contribution in [3.63, 3.8) is 0 Å². The average Bonchev–Trinajstić information content (AvgIpc) is 2.83. The summed E-state index contributed by atoms with van der Waals surface area (Å²) in [5.41, 5.74) is 7.79. The Morgan fingerprint density at radius 3 is 2.91 bits per heavy atom. The first-order valence-corrected chi connectivity index (χ1v) is 11.3. The van der Waals surface area contributed by atoms with Gasteiger partial charge in [-0.25, -0.2) is 9.97 Å². The van der Waals surface area contributed by atoms with E-state index in [0.29, 0.717) is 54.4 Å². The van der Waals surface area contributed by atoms with Gasteiger partial charge in [-0.1, -0.05) is 12.1 Å². The van der Waals surface area contributed by atoms with E-state index in [9.17, 15) is 14.7 Å². The fraction of sp³-hybridized carbons (Fsp3) is 0.333. The van der Waals surface area contributed by atoms with Crippen LogP contribution in [-0.4, -0.2) is 45.6 Å². The van der Waals surface area contributed by atoms with Gasteiger partial charge < -0.3 is 31.5 Å². The number of hydrogen-bond donors (Lipinski definition) is 5. The van der Waals surface area contributed by atoms with Crippen molar-refractivity contribution in [2.75, 3.05) is 23.0 Å². The molecule has 1 aliphatic carbocycles. The second-order valence-corrected chi connectivity index (χ2v) is 8.65. The van der Waals surface area contributed by atoms with Crippen LogP contribution < -0.4 is 26.4 Å². The summed E-state index contributed by atoms with van der Waals surface area (Å²) in [5.74, 6) is 0.652. The number of fused-ring (bicyclic) bond motifs is 2. The van der Waals surface area contributed by atoms with Gasteiger partial charge in [-0.15, -0.1) is 0 Å². The Morgan fingerprint density at radius 2 is 2.06 bits per heavy atom. The van der Waals surface area contributed by atoms with Crippen molar-refractivity contribution in [2.24, 2.45) is 5.92 Å². The third kappa shape index (κ3) is 4.63. The first-order valence-electron chi connectivity index (χ1n) is 11.3. The Balaban J connectivity index is 1.18. The van der Waals surface area contributed by atoms with Crippen LogP contribution in [0.4, 0.5) is 17.3 Å². The van der Waals surface area contributed by atoms with Crippen molar-refractivity contribution in [1.29, 1.82) is 0 Å². The number of pyridine rings is 2. The highest BCUT2D eigenvalue weighted by Crippen LogP contribution is 2.29. The summed E-state index contributed by atoms with van der Waals surface area (Å²) in [6, 6.07) is 12.6. The number of hydrogen-bond acceptors (Lipinski definition) is 8. The SMILES string of the molecule is Nc1ccc2cccc(NC(=O)[C@H]3CC[C@H](NCc4ccc5c(n4)NC(=O)CO5)[C@H](O)C3)c2n1. The van der Waals surface area contributed by atoms with Crippen LogP contribution in [0.2, 0.25) is 0 Å². The van der Waals surface area contributed by atoms with Gasteiger partial charge in [-0.3, -0.25) is 9.59 Å². The minimum Gasteiger partial charge on any atom is -0.480 e. The third-order valence-corrected chi connectivity index (χ3v) is 6.26. The van der Waals surface area contributed by atoms with Crippen molar-refractivity contribution in [3.8, 4) is 5.75 Å². The normalized spacial score (nSPS) is 21.9. The number of amides is 2. The second-order valence-electron chi connectivity index (χ2n) is 8.65. The number of ether oxygens (including phenoxy) is 1. The zero-order valence-electron chi connectivity index (χ0n) is 18.5. The van der Waals surface area contributed by atoms with Gasteiger partial charge in [0.1, 0.15) is 5.82 Å². The number of nitrogens with two attached hydrogens (primary N) is 1. The third-order valence-electron chi connectivity index (χ3n) is 6.26. The molecule has 3 heterocycles. The van der Waals surface area contributed by atoms with Crippen molar-refractivity contribution in [3.05, 3.63) is 48.2 Å². The molecule has 5 rings (SSSR count). The minimum absolute atomic E-state index is 0.0135. The fourth-order valence-corrected chi connectivity index (χ4v) is 4.46. The molecule has 2 amide bonds. The van der Waals surface area contributed by atoms with Gasteiger partial charge in [0, 0.05) is 23.9 Å². The largest absolute Gasteiger partial charge is 0.480 e. The molecule has 0 spiro atoms. The lowest BCUT2D eigenvalue weighted by Crippen LogP contribution is -2.46. The van der Waals surface area contributed by atoms with E-state index < -0.39 is 6.10 Å². The zero-order chi connectivity index (χ0) is 23.7. The number of nitrogens with zero attached hydrogens (tertiary/aromatic N) is 2. The molecule has 6 N–H and O–H groups in total. The number of rotatable bonds is 5. The van der Waals surface area contributed by atoms with E-state index >= 15 is 0 Å². The molecular weight excluding hydrogens is 436 g/mol. The van der Waals surface area contributed by atoms with E-state index in [2.05, 4.69) is 25.9 Å². The lowest BCUT2D eigenvalue weighted by atomic mass is 9.83. The molecule has 34 heavy (non-hydrogen) atoms. The highest BCUT2D eigenvalue weighted by atomic mass is 16.5. The first kappa shape index (κ1) is 22.1. The molecule has 1 fully saturated rings. The Kier molecular flexibility index (Phi) is 5.99. The maximum absolute atomic E-state index is 12.9. The van der Waals surface area contributed by atoms with Crippen LogP contribution in [0.1, 0.15) is 25.0 Å². The molecule has 176 valence electrons. The number of benzene rings is 1. The van der Waals surface area contributed by atoms with Gasteiger partial charge in [0.25, 0.3) is 5.91 Å². The van der Waals surface area contributed by atoms with Gasteiger partial charge in [0.15, 0.2) is 18.2 Å². The highest BCUT2D eigenvalue weighted by Gasteiger charge is 2.33. The van der Waals surface area contributed by atoms with Crippen molar-refractivity contribution >= 4 is 40.0 Å². The molecule has 0 unspecified atom stereocenters. The lowest BCUT2D eigenvalue weighted by molar-refractivity contribution is -0.122. The Hall–Kier alpha value is -3.76. The molecule has 3 atom stereocenters. The molecule has 2 aliphatic rings. The molecule has 0 bridgehead atoms. The molecule has 10 heteroatoms. The number of carbonyl (C=O) groups is 2. The smallest absolute Gasteiger partial charge is 0.263 e. The standard InChI is InChI=1S/C24H26N6O4/c25-20-9-5-13-2-1-3-17(22(13)29-20)28-24(33)14-4-7-16(18(31)10-14)26-11-15-6-8-19-23(27-15)30-21(32)12-34-19/h1-3,5-6,8-9,14,16,18,26,31H,4,7,10-12H2,(H2,25,29)(H,28,33)(H,27,30,32)/t14-,16-,18+/m0/s1. The number of nitrogens with one attached hydrogen (secondary N) is 3. The topological polar surface area (TPSA) is 151 Å². The molecule has 1 saturated carbocycles. The van der Waals surface area contributed by atoms with Crippen molar-refractivity contribution in [2.45, 2.75) is 38.0 Å². The van der Waals surface area contributed by atoms with E-state index in [0.717, 1.165) is 11.1 Å². The number of aliphatic hydroxyl groups is 1. The van der Waals surface area contributed by atoms with E-state index in [1.54, 1.807) is 18.2 Å². The van der Waals surface area contributed by atoms with Gasteiger partial charge in [-0.2, -0.15) is 0 Å². The van der Waals surface area contributed by atoms with E-state index in [1.807, 2.05) is 24.3 Å². The van der Waals surface area contributed by atoms with Crippen LogP contribution in [-0.2, 0) is 16.1 Å². The molecule has 2 aromatic heterocycles. The van der Waals surface area contributed by atoms with E-state index in [-0.39, 0.29) is 30.4 Å². The molecular formula is C24H26N6O4. The van der Waals surface area contributed by atoms with Crippen LogP contribution in [0.25, 0.3) is 10.9 Å². The maximum Gasteiger partial charge on any atom is 0.263 e. The maximum atomic E-state index is 12.9. The first-order chi connectivity index (χ1) is 16.5. The Bertz CT molecular complexity index is 1250. The number of carbonyl (C=O) groups excluding carboxylic acids is 2. The monoisotopic (exact) mass is 462 g/mol. The van der Waals surface area contributed by atoms with Gasteiger partial charge in [-0.05, 0) is 49.6 Å². The predicted octanol–water partition coefficient (Wildman–Crippen LogP) is 1.80. The Labute approximate surface area is 195 Å². The van der Waals surface area contributed by atoms with Crippen LogP contribution in [0.15, 0.2) is 42.5 Å². The van der Waals surface area contributed by atoms with Crippen LogP contribution in [0.5, 0.6) is 5.75 Å². The summed E-state index contributed by atoms with van der Waals surface area (Å²) >= 11 is 0. The number of aliphatic hydroxyl groups excluding tert-OH is 1. The molecule has 1 aromatic carbocycles. The van der Waals surface area contributed by atoms with Crippen molar-refractivity contribution < 1.29 is 19.4 Å². The molecule has 10 nitrogen and oxygen atoms in total. The van der Waals surface area contributed by atoms with Gasteiger partial charge >= 0.3 is 0 Å². The summed E-state index contributed by atoms with van der Waals surface area (Å²) in [7, 11) is 0. The van der Waals surface area contributed by atoms with Crippen LogP contribution >= 0.6 is 0 Å². The summed E-state index contributed by atoms with van der Waals surface area (Å²) < 4.78 is 5.33. The fourth-order valence-electron chi connectivity index (χ4n) is 4.46. The van der Waals surface area contributed by atoms with Crippen LogP contribution in [0.3, 0.4) is 0 Å². The number of para-hydroxylation sites is 1. The van der Waals surface area contributed by atoms with E-state index in [1.165, 1.54) is 0 Å². The Morgan fingerprint density at radius 1 is 1.18 bits per heavy atom. The average molecular weight is 463 g/mol. The molecule has 1 aliphatic heterocycles. The minimum atomic E-state index is -0.675. The molecule has 0 radical (unpaired) electrons. The van der Waals surface area contributed by atoms with Gasteiger partial charge in [0.05, 0.1) is 23.0 Å². The molecule has 0 saturated heterocycles. The highest BCUT2D eigenvalue weighted by molar-refractivity contribution is 6.01. The second kappa shape index (κ2) is 9.24. The number of aromatic nitrogens is 2. The number of anilines is 3. The molecule has 3 aromatic rings. The summed E-state index contributed by atoms with van der Waals surface area (Å²) in [6.07, 6.45) is 0.963. The lowest BCUT2D eigenvalue weighted by Gasteiger charge is -2.33. The number of nitrogen functional groups attached to an aromatic ring is 1. The quantitative estimate of drug-likeness (QED) is 0.385. The summed E-state index contributed by atoms with van der Waals surface area (Å²) in [5, 5.41) is 20.6. The predicted molar refractivity (Wildman–Crippen MR) is 127 cm³/mol. The van der Waals surface area contributed by atoms with E-state index in [4.69, 9.17) is 10.5 Å². The summed E-state index contributed by atoms with van der Waals surface area (Å²) in [6.45, 7) is 0.408. The van der Waals surface area contributed by atoms with Crippen molar-refractivity contribution in [1.82, 2.24) is 15.3 Å². The zero-order valence-corrected chi connectivity index (χ0v) is 18.5.